The normalized spacial score (nSPS) is 25.4. The SMILES string of the molecule is NC1(C(=O)N2CCC=C(F)C2)CC1. The first-order chi connectivity index (χ1) is 6.12. The minimum Gasteiger partial charge on any atom is -0.334 e. The van der Waals surface area contributed by atoms with Gasteiger partial charge >= 0.3 is 0 Å². The predicted octanol–water partition coefficient (Wildman–Crippen LogP) is 0.563. The molecule has 0 saturated heterocycles. The monoisotopic (exact) mass is 184 g/mol. The molecule has 4 heteroatoms. The Hall–Kier alpha value is -0.900. The van der Waals surface area contributed by atoms with Gasteiger partial charge in [-0.25, -0.2) is 4.39 Å². The first-order valence-electron chi connectivity index (χ1n) is 4.55. The molecule has 1 aliphatic carbocycles. The van der Waals surface area contributed by atoms with Gasteiger partial charge in [0.25, 0.3) is 0 Å². The Morgan fingerprint density at radius 1 is 1.62 bits per heavy atom. The Kier molecular flexibility index (Phi) is 1.87. The van der Waals surface area contributed by atoms with Crippen LogP contribution in [0.25, 0.3) is 0 Å². The van der Waals surface area contributed by atoms with Gasteiger partial charge in [0.1, 0.15) is 5.83 Å². The molecule has 13 heavy (non-hydrogen) atoms. The molecule has 0 aromatic heterocycles. The summed E-state index contributed by atoms with van der Waals surface area (Å²) in [5.74, 6) is -0.306. The molecule has 2 aliphatic rings. The molecule has 72 valence electrons. The van der Waals surface area contributed by atoms with Crippen molar-refractivity contribution in [2.24, 2.45) is 5.73 Å². The molecule has 1 amide bonds. The zero-order valence-corrected chi connectivity index (χ0v) is 7.42. The van der Waals surface area contributed by atoms with E-state index in [1.807, 2.05) is 0 Å². The molecule has 3 nitrogen and oxygen atoms in total. The number of nitrogens with two attached hydrogens (primary N) is 1. The quantitative estimate of drug-likeness (QED) is 0.647. The minimum absolute atomic E-state index is 0.0873. The third kappa shape index (κ3) is 1.58. The van der Waals surface area contributed by atoms with E-state index in [1.165, 1.54) is 11.0 Å². The van der Waals surface area contributed by atoms with Gasteiger partial charge in [-0.2, -0.15) is 0 Å². The number of amides is 1. The van der Waals surface area contributed by atoms with Crippen molar-refractivity contribution in [3.63, 3.8) is 0 Å². The first-order valence-corrected chi connectivity index (χ1v) is 4.55. The molecule has 0 atom stereocenters. The number of halogens is 1. The van der Waals surface area contributed by atoms with Gasteiger partial charge in [-0.1, -0.05) is 0 Å². The van der Waals surface area contributed by atoms with E-state index < -0.39 is 5.54 Å². The first kappa shape index (κ1) is 8.69. The van der Waals surface area contributed by atoms with Crippen LogP contribution < -0.4 is 5.73 Å². The number of carbonyl (C=O) groups is 1. The molecular weight excluding hydrogens is 171 g/mol. The topological polar surface area (TPSA) is 46.3 Å². The fourth-order valence-electron chi connectivity index (χ4n) is 1.54. The van der Waals surface area contributed by atoms with E-state index in [4.69, 9.17) is 5.73 Å². The molecular formula is C9H13FN2O. The van der Waals surface area contributed by atoms with Crippen LogP contribution in [0.3, 0.4) is 0 Å². The molecule has 0 spiro atoms. The van der Waals surface area contributed by atoms with Crippen LogP contribution >= 0.6 is 0 Å². The molecule has 1 fully saturated rings. The second kappa shape index (κ2) is 2.80. The number of hydrogen-bond acceptors (Lipinski definition) is 2. The van der Waals surface area contributed by atoms with E-state index in [-0.39, 0.29) is 18.3 Å². The maximum Gasteiger partial charge on any atom is 0.243 e. The highest BCUT2D eigenvalue weighted by molar-refractivity contribution is 5.89. The Balaban J connectivity index is 2.02. The lowest BCUT2D eigenvalue weighted by atomic mass is 10.2. The summed E-state index contributed by atoms with van der Waals surface area (Å²) in [5, 5.41) is 0. The van der Waals surface area contributed by atoms with E-state index >= 15 is 0 Å². The number of hydrogen-bond donors (Lipinski definition) is 1. The second-order valence-corrected chi connectivity index (χ2v) is 3.82. The molecule has 0 aromatic rings. The summed E-state index contributed by atoms with van der Waals surface area (Å²) in [6.07, 6.45) is 3.62. The van der Waals surface area contributed by atoms with Gasteiger partial charge in [-0.05, 0) is 25.3 Å². The molecule has 1 heterocycles. The highest BCUT2D eigenvalue weighted by atomic mass is 19.1. The molecule has 2 N–H and O–H groups in total. The summed E-state index contributed by atoms with van der Waals surface area (Å²) >= 11 is 0. The van der Waals surface area contributed by atoms with Gasteiger partial charge in [0, 0.05) is 6.54 Å². The molecule has 2 rings (SSSR count). The van der Waals surface area contributed by atoms with E-state index in [9.17, 15) is 9.18 Å². The Morgan fingerprint density at radius 3 is 2.85 bits per heavy atom. The molecule has 1 saturated carbocycles. The fraction of sp³-hybridized carbons (Fsp3) is 0.667. The number of carbonyl (C=O) groups excluding carboxylic acids is 1. The lowest BCUT2D eigenvalue weighted by Gasteiger charge is -2.27. The summed E-state index contributed by atoms with van der Waals surface area (Å²) in [6.45, 7) is 0.711. The lowest BCUT2D eigenvalue weighted by Crippen LogP contribution is -2.47. The maximum absolute atomic E-state index is 12.8. The van der Waals surface area contributed by atoms with E-state index in [0.717, 1.165) is 12.8 Å². The zero-order valence-electron chi connectivity index (χ0n) is 7.42. The van der Waals surface area contributed by atoms with Gasteiger partial charge in [0.15, 0.2) is 0 Å². The third-order valence-corrected chi connectivity index (χ3v) is 2.61. The van der Waals surface area contributed by atoms with Crippen molar-refractivity contribution in [2.45, 2.75) is 24.8 Å². The standard InChI is InChI=1S/C9H13FN2O/c10-7-2-1-5-12(6-7)8(13)9(11)3-4-9/h2H,1,3-6,11H2. The molecule has 0 bridgehead atoms. The Bertz CT molecular complexity index is 271. The van der Waals surface area contributed by atoms with Crippen molar-refractivity contribution in [3.8, 4) is 0 Å². The largest absolute Gasteiger partial charge is 0.334 e. The summed E-state index contributed by atoms with van der Waals surface area (Å²) in [4.78, 5) is 13.2. The molecule has 0 radical (unpaired) electrons. The van der Waals surface area contributed by atoms with Gasteiger partial charge in [0.05, 0.1) is 12.1 Å². The van der Waals surface area contributed by atoms with Crippen LogP contribution in [0, 0.1) is 0 Å². The average molecular weight is 184 g/mol. The minimum atomic E-state index is -0.655. The van der Waals surface area contributed by atoms with Crippen molar-refractivity contribution in [2.75, 3.05) is 13.1 Å². The third-order valence-electron chi connectivity index (χ3n) is 2.61. The van der Waals surface area contributed by atoms with E-state index in [1.54, 1.807) is 0 Å². The van der Waals surface area contributed by atoms with Crippen LogP contribution in [-0.4, -0.2) is 29.4 Å². The van der Waals surface area contributed by atoms with Crippen molar-refractivity contribution < 1.29 is 9.18 Å². The van der Waals surface area contributed by atoms with E-state index in [0.29, 0.717) is 13.0 Å². The lowest BCUT2D eigenvalue weighted by molar-refractivity contribution is -0.133. The van der Waals surface area contributed by atoms with Crippen LogP contribution in [0.1, 0.15) is 19.3 Å². The van der Waals surface area contributed by atoms with Crippen molar-refractivity contribution in [3.05, 3.63) is 11.9 Å². The molecule has 0 unspecified atom stereocenters. The van der Waals surface area contributed by atoms with Crippen LogP contribution in [0.2, 0.25) is 0 Å². The van der Waals surface area contributed by atoms with Gasteiger partial charge in [0.2, 0.25) is 5.91 Å². The summed E-state index contributed by atoms with van der Waals surface area (Å²) in [6, 6.07) is 0. The summed E-state index contributed by atoms with van der Waals surface area (Å²) in [7, 11) is 0. The smallest absolute Gasteiger partial charge is 0.243 e. The van der Waals surface area contributed by atoms with Crippen LogP contribution in [-0.2, 0) is 4.79 Å². The predicted molar refractivity (Wildman–Crippen MR) is 46.5 cm³/mol. The number of rotatable bonds is 1. The average Bonchev–Trinajstić information content (AvgIpc) is 2.84. The van der Waals surface area contributed by atoms with Gasteiger partial charge in [-0.15, -0.1) is 0 Å². The Morgan fingerprint density at radius 2 is 2.31 bits per heavy atom. The summed E-state index contributed by atoms with van der Waals surface area (Å²) < 4.78 is 12.8. The molecule has 0 aromatic carbocycles. The van der Waals surface area contributed by atoms with E-state index in [2.05, 4.69) is 0 Å². The van der Waals surface area contributed by atoms with Crippen molar-refractivity contribution in [1.82, 2.24) is 4.90 Å². The van der Waals surface area contributed by atoms with Crippen LogP contribution in [0.4, 0.5) is 4.39 Å². The highest BCUT2D eigenvalue weighted by Crippen LogP contribution is 2.34. The number of nitrogens with zero attached hydrogens (tertiary/aromatic N) is 1. The second-order valence-electron chi connectivity index (χ2n) is 3.82. The fourth-order valence-corrected chi connectivity index (χ4v) is 1.54. The Labute approximate surface area is 76.4 Å². The molecule has 1 aliphatic heterocycles. The maximum atomic E-state index is 12.8. The van der Waals surface area contributed by atoms with Crippen molar-refractivity contribution in [1.29, 1.82) is 0 Å². The van der Waals surface area contributed by atoms with Crippen LogP contribution in [0.5, 0.6) is 0 Å². The zero-order chi connectivity index (χ0) is 9.47. The summed E-state index contributed by atoms with van der Waals surface area (Å²) in [5.41, 5.74) is 5.08. The highest BCUT2D eigenvalue weighted by Gasteiger charge is 2.48. The van der Waals surface area contributed by atoms with Gasteiger partial charge < -0.3 is 10.6 Å². The van der Waals surface area contributed by atoms with Crippen LogP contribution in [0.15, 0.2) is 11.9 Å². The van der Waals surface area contributed by atoms with Gasteiger partial charge in [-0.3, -0.25) is 4.79 Å². The van der Waals surface area contributed by atoms with Crippen molar-refractivity contribution >= 4 is 5.91 Å².